The van der Waals surface area contributed by atoms with Gasteiger partial charge in [-0.1, -0.05) is 19.3 Å². The number of hydrogen-bond donors (Lipinski definition) is 2. The minimum absolute atomic E-state index is 0. The second-order valence-corrected chi connectivity index (χ2v) is 10.2. The number of nitrogens with zero attached hydrogens (tertiary/aromatic N) is 2. The number of likely N-dealkylation sites (tertiary alicyclic amines) is 1. The van der Waals surface area contributed by atoms with Crippen LogP contribution in [0.5, 0.6) is 0 Å². The first-order valence-electron chi connectivity index (χ1n) is 9.93. The molecule has 9 heteroatoms. The van der Waals surface area contributed by atoms with E-state index in [-0.39, 0.29) is 47.6 Å². The quantitative estimate of drug-likeness (QED) is 0.338. The molecular formula is C18H33IN4O3S. The van der Waals surface area contributed by atoms with E-state index < -0.39 is 9.84 Å². The van der Waals surface area contributed by atoms with Gasteiger partial charge in [0.2, 0.25) is 5.91 Å². The van der Waals surface area contributed by atoms with Crippen LogP contribution in [-0.2, 0) is 14.6 Å². The summed E-state index contributed by atoms with van der Waals surface area (Å²) >= 11 is 0. The van der Waals surface area contributed by atoms with E-state index in [1.807, 2.05) is 4.90 Å². The molecule has 2 atom stereocenters. The van der Waals surface area contributed by atoms with Gasteiger partial charge >= 0.3 is 0 Å². The van der Waals surface area contributed by atoms with Gasteiger partial charge in [-0.15, -0.1) is 24.0 Å². The molecule has 1 amide bonds. The number of nitrogens with one attached hydrogen (secondary N) is 2. The van der Waals surface area contributed by atoms with Crippen LogP contribution in [0.1, 0.15) is 44.9 Å². The minimum Gasteiger partial charge on any atom is -0.356 e. The summed E-state index contributed by atoms with van der Waals surface area (Å²) in [5.41, 5.74) is 0. The highest BCUT2D eigenvalue weighted by atomic mass is 127. The summed E-state index contributed by atoms with van der Waals surface area (Å²) in [6, 6.07) is 0.209. The number of halogens is 1. The molecule has 0 radical (unpaired) electrons. The van der Waals surface area contributed by atoms with Crippen LogP contribution in [0.4, 0.5) is 0 Å². The standard InChI is InChI=1S/C18H32N4O3S.HI/c1-19-18(20-11-14-8-10-26(24,25)13-14)21-16-7-9-22(12-16)17(23)15-5-3-2-4-6-15;/h14-16H,2-13H2,1H3,(H2,19,20,21);1H. The van der Waals surface area contributed by atoms with Crippen molar-refractivity contribution in [2.45, 2.75) is 51.0 Å². The SMILES string of the molecule is CN=C(NCC1CCS(=O)(=O)C1)NC1CCN(C(=O)C2CCCCC2)C1.I. The van der Waals surface area contributed by atoms with E-state index in [4.69, 9.17) is 0 Å². The van der Waals surface area contributed by atoms with Gasteiger partial charge in [-0.25, -0.2) is 8.42 Å². The summed E-state index contributed by atoms with van der Waals surface area (Å²) < 4.78 is 23.1. The van der Waals surface area contributed by atoms with E-state index in [2.05, 4.69) is 15.6 Å². The number of carbonyl (C=O) groups excluding carboxylic acids is 1. The van der Waals surface area contributed by atoms with E-state index >= 15 is 0 Å². The molecule has 2 saturated heterocycles. The summed E-state index contributed by atoms with van der Waals surface area (Å²) in [4.78, 5) is 18.9. The third-order valence-corrected chi connectivity index (χ3v) is 7.74. The molecule has 2 heterocycles. The fourth-order valence-electron chi connectivity index (χ4n) is 4.35. The normalized spacial score (nSPS) is 28.6. The number of aliphatic imine (C=N–C) groups is 1. The Kier molecular flexibility index (Phi) is 8.64. The van der Waals surface area contributed by atoms with Crippen LogP contribution in [0.15, 0.2) is 4.99 Å². The molecule has 7 nitrogen and oxygen atoms in total. The monoisotopic (exact) mass is 512 g/mol. The van der Waals surface area contributed by atoms with Crippen LogP contribution >= 0.6 is 24.0 Å². The third-order valence-electron chi connectivity index (χ3n) is 5.90. The van der Waals surface area contributed by atoms with E-state index in [0.29, 0.717) is 24.2 Å². The fourth-order valence-corrected chi connectivity index (χ4v) is 6.21. The largest absolute Gasteiger partial charge is 0.356 e. The molecule has 2 aliphatic heterocycles. The Morgan fingerprint density at radius 2 is 1.89 bits per heavy atom. The molecule has 1 aliphatic carbocycles. The molecule has 27 heavy (non-hydrogen) atoms. The number of amides is 1. The molecule has 3 fully saturated rings. The molecule has 1 saturated carbocycles. The third kappa shape index (κ3) is 6.47. The van der Waals surface area contributed by atoms with Crippen LogP contribution in [0.3, 0.4) is 0 Å². The maximum absolute atomic E-state index is 12.7. The molecule has 3 rings (SSSR count). The highest BCUT2D eigenvalue weighted by Crippen LogP contribution is 2.26. The lowest BCUT2D eigenvalue weighted by atomic mass is 9.88. The number of sulfone groups is 1. The Labute approximate surface area is 180 Å². The first kappa shape index (κ1) is 22.7. The lowest BCUT2D eigenvalue weighted by molar-refractivity contribution is -0.135. The van der Waals surface area contributed by atoms with Crippen molar-refractivity contribution in [2.24, 2.45) is 16.8 Å². The Bertz CT molecular complexity index is 635. The molecule has 3 aliphatic rings. The zero-order chi connectivity index (χ0) is 18.6. The lowest BCUT2D eigenvalue weighted by Crippen LogP contribution is -2.46. The number of guanidine groups is 1. The average molecular weight is 512 g/mol. The van der Waals surface area contributed by atoms with Crippen molar-refractivity contribution in [1.29, 1.82) is 0 Å². The van der Waals surface area contributed by atoms with Crippen molar-refractivity contribution < 1.29 is 13.2 Å². The molecule has 2 unspecified atom stereocenters. The van der Waals surface area contributed by atoms with Crippen LogP contribution in [-0.4, -0.2) is 69.4 Å². The molecule has 0 bridgehead atoms. The van der Waals surface area contributed by atoms with Gasteiger partial charge < -0.3 is 15.5 Å². The smallest absolute Gasteiger partial charge is 0.225 e. The van der Waals surface area contributed by atoms with Gasteiger partial charge in [-0.3, -0.25) is 9.79 Å². The van der Waals surface area contributed by atoms with E-state index in [1.165, 1.54) is 19.3 Å². The summed E-state index contributed by atoms with van der Waals surface area (Å²) in [5.74, 6) is 1.98. The zero-order valence-electron chi connectivity index (χ0n) is 16.2. The average Bonchev–Trinajstić information content (AvgIpc) is 3.24. The van der Waals surface area contributed by atoms with Crippen LogP contribution < -0.4 is 10.6 Å². The summed E-state index contributed by atoms with van der Waals surface area (Å²) in [7, 11) is -1.12. The van der Waals surface area contributed by atoms with Gasteiger partial charge in [0, 0.05) is 38.6 Å². The van der Waals surface area contributed by atoms with Crippen LogP contribution in [0.2, 0.25) is 0 Å². The summed E-state index contributed by atoms with van der Waals surface area (Å²) in [5, 5.41) is 6.65. The van der Waals surface area contributed by atoms with E-state index in [1.54, 1.807) is 7.05 Å². The van der Waals surface area contributed by atoms with Crippen molar-refractivity contribution in [3.63, 3.8) is 0 Å². The molecule has 0 aromatic rings. The number of hydrogen-bond acceptors (Lipinski definition) is 4. The van der Waals surface area contributed by atoms with Gasteiger partial charge in [0.05, 0.1) is 11.5 Å². The fraction of sp³-hybridized carbons (Fsp3) is 0.889. The first-order chi connectivity index (χ1) is 12.5. The van der Waals surface area contributed by atoms with E-state index in [0.717, 1.165) is 38.8 Å². The van der Waals surface area contributed by atoms with Gasteiger partial charge in [-0.05, 0) is 31.6 Å². The lowest BCUT2D eigenvalue weighted by Gasteiger charge is -2.26. The van der Waals surface area contributed by atoms with E-state index in [9.17, 15) is 13.2 Å². The molecule has 0 aromatic carbocycles. The van der Waals surface area contributed by atoms with Crippen molar-refractivity contribution in [2.75, 3.05) is 38.2 Å². The molecule has 2 N–H and O–H groups in total. The van der Waals surface area contributed by atoms with Crippen molar-refractivity contribution in [1.82, 2.24) is 15.5 Å². The molecule has 0 spiro atoms. The molecule has 156 valence electrons. The first-order valence-corrected chi connectivity index (χ1v) is 11.8. The maximum atomic E-state index is 12.7. The topological polar surface area (TPSA) is 90.9 Å². The zero-order valence-corrected chi connectivity index (χ0v) is 19.3. The second kappa shape index (κ2) is 10.3. The predicted molar refractivity (Wildman–Crippen MR) is 118 cm³/mol. The predicted octanol–water partition coefficient (Wildman–Crippen LogP) is 1.39. The Morgan fingerprint density at radius 1 is 1.15 bits per heavy atom. The van der Waals surface area contributed by atoms with Crippen LogP contribution in [0, 0.1) is 11.8 Å². The summed E-state index contributed by atoms with van der Waals surface area (Å²) in [6.45, 7) is 2.16. The van der Waals surface area contributed by atoms with Gasteiger partial charge in [-0.2, -0.15) is 0 Å². The number of carbonyl (C=O) groups is 1. The molecule has 0 aromatic heterocycles. The van der Waals surface area contributed by atoms with Gasteiger partial charge in [0.25, 0.3) is 0 Å². The second-order valence-electron chi connectivity index (χ2n) is 7.97. The summed E-state index contributed by atoms with van der Waals surface area (Å²) in [6.07, 6.45) is 7.36. The van der Waals surface area contributed by atoms with Crippen molar-refractivity contribution in [3.8, 4) is 0 Å². The minimum atomic E-state index is -2.84. The molecular weight excluding hydrogens is 479 g/mol. The number of rotatable bonds is 4. The van der Waals surface area contributed by atoms with Crippen LogP contribution in [0.25, 0.3) is 0 Å². The highest BCUT2D eigenvalue weighted by molar-refractivity contribution is 14.0. The highest BCUT2D eigenvalue weighted by Gasteiger charge is 2.32. The van der Waals surface area contributed by atoms with Gasteiger partial charge in [0.1, 0.15) is 0 Å². The maximum Gasteiger partial charge on any atom is 0.225 e. The van der Waals surface area contributed by atoms with Crippen molar-refractivity contribution >= 4 is 45.7 Å². The Morgan fingerprint density at radius 3 is 2.52 bits per heavy atom. The van der Waals surface area contributed by atoms with Crippen molar-refractivity contribution in [3.05, 3.63) is 0 Å². The Hall–Kier alpha value is -0.580. The Balaban J connectivity index is 0.00000261. The van der Waals surface area contributed by atoms with Gasteiger partial charge in [0.15, 0.2) is 15.8 Å².